The highest BCUT2D eigenvalue weighted by atomic mass is 32.1. The Labute approximate surface area is 154 Å². The summed E-state index contributed by atoms with van der Waals surface area (Å²) in [5.41, 5.74) is 4.58. The van der Waals surface area contributed by atoms with Crippen LogP contribution in [0.15, 0.2) is 66.2 Å². The standard InChI is InChI=1S/C20H15FN4S/c1-13-3-2-4-19(23-13)25-20-24-17(12-26-20)15-7-5-14(6-8-15)16-9-10-22-18(21)11-16/h2-12H,1H3,(H,23,24,25). The van der Waals surface area contributed by atoms with Crippen LogP contribution in [-0.4, -0.2) is 15.0 Å². The van der Waals surface area contributed by atoms with Crippen LogP contribution in [0.5, 0.6) is 0 Å². The van der Waals surface area contributed by atoms with Gasteiger partial charge in [-0.3, -0.25) is 0 Å². The summed E-state index contributed by atoms with van der Waals surface area (Å²) >= 11 is 1.53. The minimum absolute atomic E-state index is 0.480. The van der Waals surface area contributed by atoms with Crippen LogP contribution in [0.25, 0.3) is 22.4 Å². The van der Waals surface area contributed by atoms with Gasteiger partial charge in [-0.05, 0) is 36.2 Å². The van der Waals surface area contributed by atoms with Crippen LogP contribution in [-0.2, 0) is 0 Å². The van der Waals surface area contributed by atoms with Gasteiger partial charge < -0.3 is 5.32 Å². The Hall–Kier alpha value is -3.12. The van der Waals surface area contributed by atoms with E-state index in [0.29, 0.717) is 0 Å². The normalized spacial score (nSPS) is 10.7. The van der Waals surface area contributed by atoms with Crippen LogP contribution in [0.4, 0.5) is 15.3 Å². The SMILES string of the molecule is Cc1cccc(Nc2nc(-c3ccc(-c4ccnc(F)c4)cc3)cs2)n1. The summed E-state index contributed by atoms with van der Waals surface area (Å²) in [6.07, 6.45) is 1.47. The lowest BCUT2D eigenvalue weighted by molar-refractivity contribution is 0.584. The van der Waals surface area contributed by atoms with Crippen molar-refractivity contribution in [2.75, 3.05) is 5.32 Å². The van der Waals surface area contributed by atoms with E-state index >= 15 is 0 Å². The Morgan fingerprint density at radius 1 is 0.923 bits per heavy atom. The maximum Gasteiger partial charge on any atom is 0.213 e. The lowest BCUT2D eigenvalue weighted by Gasteiger charge is -2.03. The van der Waals surface area contributed by atoms with Crippen LogP contribution in [0.3, 0.4) is 0 Å². The number of halogens is 1. The molecule has 4 nitrogen and oxygen atoms in total. The molecule has 6 heteroatoms. The largest absolute Gasteiger partial charge is 0.316 e. The Bertz CT molecular complexity index is 1040. The first-order valence-electron chi connectivity index (χ1n) is 8.06. The number of benzene rings is 1. The smallest absolute Gasteiger partial charge is 0.213 e. The van der Waals surface area contributed by atoms with Gasteiger partial charge in [0.05, 0.1) is 5.69 Å². The maximum atomic E-state index is 13.3. The zero-order valence-corrected chi connectivity index (χ0v) is 14.8. The number of anilines is 2. The molecule has 0 spiro atoms. The van der Waals surface area contributed by atoms with Crippen LogP contribution < -0.4 is 5.32 Å². The number of nitrogens with one attached hydrogen (secondary N) is 1. The zero-order valence-electron chi connectivity index (χ0n) is 14.0. The summed E-state index contributed by atoms with van der Waals surface area (Å²) in [4.78, 5) is 12.6. The predicted molar refractivity (Wildman–Crippen MR) is 103 cm³/mol. The van der Waals surface area contributed by atoms with Crippen LogP contribution in [0.1, 0.15) is 5.69 Å². The molecular formula is C20H15FN4S. The number of pyridine rings is 2. The van der Waals surface area contributed by atoms with Gasteiger partial charge in [-0.1, -0.05) is 30.3 Å². The fourth-order valence-corrected chi connectivity index (χ4v) is 3.33. The summed E-state index contributed by atoms with van der Waals surface area (Å²) in [6, 6.07) is 16.9. The quantitative estimate of drug-likeness (QED) is 0.490. The van der Waals surface area contributed by atoms with Gasteiger partial charge in [0.25, 0.3) is 0 Å². The average Bonchev–Trinajstić information content (AvgIpc) is 3.10. The van der Waals surface area contributed by atoms with Gasteiger partial charge in [0.2, 0.25) is 5.95 Å². The Morgan fingerprint density at radius 2 is 1.73 bits per heavy atom. The topological polar surface area (TPSA) is 50.7 Å². The number of nitrogens with zero attached hydrogens (tertiary/aromatic N) is 3. The molecule has 0 radical (unpaired) electrons. The summed E-state index contributed by atoms with van der Waals surface area (Å²) in [5.74, 6) is 0.299. The molecule has 0 fully saturated rings. The molecule has 0 atom stereocenters. The summed E-state index contributed by atoms with van der Waals surface area (Å²) in [7, 11) is 0. The van der Waals surface area contributed by atoms with Crippen LogP contribution in [0, 0.1) is 12.9 Å². The third-order valence-corrected chi connectivity index (χ3v) is 4.63. The molecule has 0 aliphatic heterocycles. The molecule has 0 saturated heterocycles. The number of rotatable bonds is 4. The molecule has 0 unspecified atom stereocenters. The Balaban J connectivity index is 1.54. The van der Waals surface area contributed by atoms with Crippen molar-refractivity contribution in [3.05, 3.63) is 77.8 Å². The molecule has 4 rings (SSSR count). The fraction of sp³-hybridized carbons (Fsp3) is 0.0500. The number of hydrogen-bond donors (Lipinski definition) is 1. The Morgan fingerprint density at radius 3 is 2.50 bits per heavy atom. The molecular weight excluding hydrogens is 347 g/mol. The van der Waals surface area contributed by atoms with E-state index < -0.39 is 5.95 Å². The van der Waals surface area contributed by atoms with Crippen molar-refractivity contribution in [2.45, 2.75) is 6.92 Å². The molecule has 0 bridgehead atoms. The monoisotopic (exact) mass is 362 g/mol. The first kappa shape index (κ1) is 16.4. The second-order valence-corrected chi connectivity index (χ2v) is 6.63. The molecule has 1 aromatic carbocycles. The van der Waals surface area contributed by atoms with Crippen molar-refractivity contribution in [3.8, 4) is 22.4 Å². The lowest BCUT2D eigenvalue weighted by atomic mass is 10.0. The summed E-state index contributed by atoms with van der Waals surface area (Å²) < 4.78 is 13.3. The molecule has 0 amide bonds. The predicted octanol–water partition coefficient (Wildman–Crippen LogP) is 5.46. The van der Waals surface area contributed by atoms with Gasteiger partial charge in [0.1, 0.15) is 5.82 Å². The first-order chi connectivity index (χ1) is 12.7. The highest BCUT2D eigenvalue weighted by Gasteiger charge is 2.07. The summed E-state index contributed by atoms with van der Waals surface area (Å²) in [6.45, 7) is 1.95. The van der Waals surface area contributed by atoms with Crippen molar-refractivity contribution in [1.82, 2.24) is 15.0 Å². The average molecular weight is 362 g/mol. The summed E-state index contributed by atoms with van der Waals surface area (Å²) in [5, 5.41) is 6.02. The number of thiazole rings is 1. The van der Waals surface area contributed by atoms with Crippen molar-refractivity contribution in [1.29, 1.82) is 0 Å². The van der Waals surface area contributed by atoms with Crippen molar-refractivity contribution in [3.63, 3.8) is 0 Å². The van der Waals surface area contributed by atoms with E-state index in [1.807, 2.05) is 54.8 Å². The number of aryl methyl sites for hydroxylation is 1. The number of aromatic nitrogens is 3. The van der Waals surface area contributed by atoms with E-state index in [9.17, 15) is 4.39 Å². The first-order valence-corrected chi connectivity index (χ1v) is 8.94. The molecule has 0 saturated carbocycles. The van der Waals surface area contributed by atoms with E-state index in [-0.39, 0.29) is 0 Å². The highest BCUT2D eigenvalue weighted by Crippen LogP contribution is 2.28. The molecule has 0 aliphatic carbocycles. The second-order valence-electron chi connectivity index (χ2n) is 5.77. The van der Waals surface area contributed by atoms with Gasteiger partial charge >= 0.3 is 0 Å². The van der Waals surface area contributed by atoms with Crippen molar-refractivity contribution in [2.24, 2.45) is 0 Å². The highest BCUT2D eigenvalue weighted by molar-refractivity contribution is 7.14. The fourth-order valence-electron chi connectivity index (χ4n) is 2.60. The molecule has 4 aromatic rings. The number of hydrogen-bond acceptors (Lipinski definition) is 5. The zero-order chi connectivity index (χ0) is 17.9. The van der Waals surface area contributed by atoms with Gasteiger partial charge in [-0.15, -0.1) is 11.3 Å². The van der Waals surface area contributed by atoms with Gasteiger partial charge in [-0.25, -0.2) is 15.0 Å². The Kier molecular flexibility index (Phi) is 4.41. The lowest BCUT2D eigenvalue weighted by Crippen LogP contribution is -1.93. The van der Waals surface area contributed by atoms with E-state index in [1.165, 1.54) is 23.6 Å². The molecule has 26 heavy (non-hydrogen) atoms. The third kappa shape index (κ3) is 3.60. The molecule has 0 aliphatic rings. The van der Waals surface area contributed by atoms with Gasteiger partial charge in [0.15, 0.2) is 5.13 Å². The van der Waals surface area contributed by atoms with Gasteiger partial charge in [-0.2, -0.15) is 4.39 Å². The van der Waals surface area contributed by atoms with E-state index in [4.69, 9.17) is 0 Å². The molecule has 1 N–H and O–H groups in total. The van der Waals surface area contributed by atoms with Crippen molar-refractivity contribution >= 4 is 22.3 Å². The van der Waals surface area contributed by atoms with E-state index in [2.05, 4.69) is 20.3 Å². The third-order valence-electron chi connectivity index (χ3n) is 3.87. The minimum Gasteiger partial charge on any atom is -0.316 e. The maximum absolute atomic E-state index is 13.3. The van der Waals surface area contributed by atoms with E-state index in [1.54, 1.807) is 6.07 Å². The second kappa shape index (κ2) is 7.01. The van der Waals surface area contributed by atoms with Crippen LogP contribution in [0.2, 0.25) is 0 Å². The minimum atomic E-state index is -0.480. The molecule has 128 valence electrons. The molecule has 3 aromatic heterocycles. The van der Waals surface area contributed by atoms with E-state index in [0.717, 1.165) is 39.0 Å². The van der Waals surface area contributed by atoms with Crippen molar-refractivity contribution < 1.29 is 4.39 Å². The van der Waals surface area contributed by atoms with Crippen LogP contribution >= 0.6 is 11.3 Å². The van der Waals surface area contributed by atoms with Gasteiger partial charge in [0, 0.05) is 28.9 Å². The molecule has 3 heterocycles.